The lowest BCUT2D eigenvalue weighted by Gasteiger charge is -2.09. The van der Waals surface area contributed by atoms with Crippen molar-refractivity contribution in [2.45, 2.75) is 19.3 Å². The fourth-order valence-corrected chi connectivity index (χ4v) is 2.74. The Hall–Kier alpha value is -3.68. The van der Waals surface area contributed by atoms with Crippen LogP contribution < -0.4 is 14.8 Å². The summed E-state index contributed by atoms with van der Waals surface area (Å²) in [6, 6.07) is 13.1. The number of hydrogen-bond acceptors (Lipinski definition) is 7. The van der Waals surface area contributed by atoms with Crippen LogP contribution in [0, 0.1) is 0 Å². The van der Waals surface area contributed by atoms with Gasteiger partial charge in [-0.2, -0.15) is 0 Å². The first-order valence-corrected chi connectivity index (χ1v) is 9.50. The van der Waals surface area contributed by atoms with Crippen molar-refractivity contribution in [1.29, 1.82) is 0 Å². The molecule has 0 saturated carbocycles. The summed E-state index contributed by atoms with van der Waals surface area (Å²) in [5.41, 5.74) is 0.719. The van der Waals surface area contributed by atoms with Crippen molar-refractivity contribution in [3.63, 3.8) is 0 Å². The summed E-state index contributed by atoms with van der Waals surface area (Å²) in [6.07, 6.45) is 0.491. The Bertz CT molecular complexity index is 940. The number of imide groups is 1. The number of ketones is 1. The van der Waals surface area contributed by atoms with Crippen LogP contribution in [0.4, 0.5) is 0 Å². The van der Waals surface area contributed by atoms with E-state index in [0.29, 0.717) is 35.8 Å². The minimum absolute atomic E-state index is 0.0803. The number of fused-ring (bicyclic) bond motifs is 1. The molecule has 0 spiro atoms. The Kier molecular flexibility index (Phi) is 7.15. The van der Waals surface area contributed by atoms with Crippen molar-refractivity contribution >= 4 is 23.6 Å². The second kappa shape index (κ2) is 10.2. The molecule has 0 radical (unpaired) electrons. The monoisotopic (exact) mass is 411 g/mol. The number of benzene rings is 2. The zero-order chi connectivity index (χ0) is 21.3. The maximum Gasteiger partial charge on any atom is 0.306 e. The number of hydrogen-bond donors (Lipinski definition) is 1. The fraction of sp³-hybridized carbons (Fsp3) is 0.273. The lowest BCUT2D eigenvalue weighted by molar-refractivity contribution is -0.148. The number of carbonyl (C=O) groups excluding carboxylic acids is 4. The van der Waals surface area contributed by atoms with Crippen molar-refractivity contribution in [2.75, 3.05) is 19.8 Å². The van der Waals surface area contributed by atoms with Gasteiger partial charge in [0.25, 0.3) is 11.8 Å². The third-order valence-corrected chi connectivity index (χ3v) is 4.28. The van der Waals surface area contributed by atoms with Crippen LogP contribution in [0.25, 0.3) is 0 Å². The van der Waals surface area contributed by atoms with Gasteiger partial charge in [0.05, 0.1) is 19.6 Å². The van der Waals surface area contributed by atoms with Crippen molar-refractivity contribution in [1.82, 2.24) is 5.32 Å². The number of carbonyl (C=O) groups is 4. The topological polar surface area (TPSA) is 108 Å². The first-order chi connectivity index (χ1) is 14.5. The van der Waals surface area contributed by atoms with Gasteiger partial charge in [-0.25, -0.2) is 0 Å². The quantitative estimate of drug-likeness (QED) is 0.550. The fourth-order valence-electron chi connectivity index (χ4n) is 2.74. The molecule has 1 N–H and O–H groups in total. The molecule has 2 aromatic rings. The van der Waals surface area contributed by atoms with Crippen molar-refractivity contribution in [3.05, 3.63) is 59.7 Å². The molecule has 1 aliphatic heterocycles. The van der Waals surface area contributed by atoms with E-state index < -0.39 is 24.4 Å². The Labute approximate surface area is 173 Å². The van der Waals surface area contributed by atoms with Crippen LogP contribution in [-0.2, 0) is 14.3 Å². The minimum atomic E-state index is -0.744. The lowest BCUT2D eigenvalue weighted by Crippen LogP contribution is -2.34. The normalized spacial score (nSPS) is 12.4. The zero-order valence-electron chi connectivity index (χ0n) is 16.2. The molecule has 0 fully saturated rings. The molecule has 0 aliphatic carbocycles. The molecule has 0 atom stereocenters. The summed E-state index contributed by atoms with van der Waals surface area (Å²) in [5.74, 6) is -1.21. The number of rotatable bonds is 7. The first-order valence-electron chi connectivity index (χ1n) is 9.50. The van der Waals surface area contributed by atoms with E-state index in [1.54, 1.807) is 48.5 Å². The van der Waals surface area contributed by atoms with E-state index in [2.05, 4.69) is 5.32 Å². The minimum Gasteiger partial charge on any atom is -0.490 e. The number of nitrogens with one attached hydrogen (secondary N) is 1. The van der Waals surface area contributed by atoms with Crippen LogP contribution in [0.3, 0.4) is 0 Å². The summed E-state index contributed by atoms with van der Waals surface area (Å²) in [4.78, 5) is 47.8. The van der Waals surface area contributed by atoms with E-state index in [1.807, 2.05) is 0 Å². The number of esters is 1. The van der Waals surface area contributed by atoms with Crippen molar-refractivity contribution < 1.29 is 33.4 Å². The highest BCUT2D eigenvalue weighted by Gasteiger charge is 2.17. The summed E-state index contributed by atoms with van der Waals surface area (Å²) in [7, 11) is 0. The van der Waals surface area contributed by atoms with Gasteiger partial charge in [-0.1, -0.05) is 18.2 Å². The van der Waals surface area contributed by atoms with Crippen LogP contribution in [0.1, 0.15) is 40.0 Å². The van der Waals surface area contributed by atoms with Crippen LogP contribution >= 0.6 is 0 Å². The molecule has 0 saturated heterocycles. The Balaban J connectivity index is 1.42. The lowest BCUT2D eigenvalue weighted by atomic mass is 10.1. The van der Waals surface area contributed by atoms with E-state index in [4.69, 9.17) is 14.2 Å². The van der Waals surface area contributed by atoms with E-state index in [-0.39, 0.29) is 18.6 Å². The van der Waals surface area contributed by atoms with Crippen LogP contribution in [0.2, 0.25) is 0 Å². The zero-order valence-corrected chi connectivity index (χ0v) is 16.2. The molecule has 2 amide bonds. The molecule has 8 heteroatoms. The van der Waals surface area contributed by atoms with Gasteiger partial charge in [-0.15, -0.1) is 0 Å². The highest BCUT2D eigenvalue weighted by atomic mass is 16.5. The number of ether oxygens (including phenoxy) is 3. The number of Topliss-reactive ketones (excluding diaryl/α,β-unsaturated/α-hetero) is 1. The highest BCUT2D eigenvalue weighted by Crippen LogP contribution is 2.30. The first kappa shape index (κ1) is 21.0. The van der Waals surface area contributed by atoms with Gasteiger partial charge in [-0.05, 0) is 30.3 Å². The molecule has 3 rings (SSSR count). The van der Waals surface area contributed by atoms with Gasteiger partial charge in [0.1, 0.15) is 0 Å². The largest absolute Gasteiger partial charge is 0.490 e. The molecule has 1 aliphatic rings. The smallest absolute Gasteiger partial charge is 0.306 e. The summed E-state index contributed by atoms with van der Waals surface area (Å²) in [6.45, 7) is 0.456. The predicted octanol–water partition coefficient (Wildman–Crippen LogP) is 2.31. The molecule has 2 aromatic carbocycles. The van der Waals surface area contributed by atoms with Gasteiger partial charge < -0.3 is 14.2 Å². The third-order valence-electron chi connectivity index (χ3n) is 4.28. The molecular weight excluding hydrogens is 390 g/mol. The molecule has 1 heterocycles. The van der Waals surface area contributed by atoms with Gasteiger partial charge in [0.15, 0.2) is 23.9 Å². The molecule has 0 bridgehead atoms. The Morgan fingerprint density at radius 3 is 2.37 bits per heavy atom. The highest BCUT2D eigenvalue weighted by molar-refractivity contribution is 6.05. The average Bonchev–Trinajstić information content (AvgIpc) is 3.01. The van der Waals surface area contributed by atoms with Gasteiger partial charge >= 0.3 is 5.97 Å². The predicted molar refractivity (Wildman–Crippen MR) is 105 cm³/mol. The SMILES string of the molecule is O=C(COC(=O)CCC(=O)c1ccc2c(c1)OCCCO2)NC(=O)c1ccccc1. The average molecular weight is 411 g/mol. The standard InChI is InChI=1S/C22H21NO7/c24-17(16-7-9-18-19(13-16)29-12-4-11-28-18)8-10-21(26)30-14-20(25)23-22(27)15-5-2-1-3-6-15/h1-3,5-7,9,13H,4,8,10-12,14H2,(H,23,25,27). The number of amides is 2. The van der Waals surface area contributed by atoms with Crippen LogP contribution in [-0.4, -0.2) is 43.4 Å². The Morgan fingerprint density at radius 2 is 1.60 bits per heavy atom. The van der Waals surface area contributed by atoms with Gasteiger partial charge in [0, 0.05) is 24.0 Å². The molecule has 156 valence electrons. The third kappa shape index (κ3) is 5.91. The Morgan fingerprint density at radius 1 is 0.867 bits per heavy atom. The molecular formula is C22H21NO7. The van der Waals surface area contributed by atoms with Crippen LogP contribution in [0.5, 0.6) is 11.5 Å². The van der Waals surface area contributed by atoms with Crippen LogP contribution in [0.15, 0.2) is 48.5 Å². The van der Waals surface area contributed by atoms with Crippen molar-refractivity contribution in [2.24, 2.45) is 0 Å². The molecule has 30 heavy (non-hydrogen) atoms. The second-order valence-corrected chi connectivity index (χ2v) is 6.54. The molecule has 8 nitrogen and oxygen atoms in total. The van der Waals surface area contributed by atoms with Gasteiger partial charge in [-0.3, -0.25) is 24.5 Å². The maximum absolute atomic E-state index is 12.3. The molecule has 0 unspecified atom stereocenters. The second-order valence-electron chi connectivity index (χ2n) is 6.54. The van der Waals surface area contributed by atoms with E-state index in [1.165, 1.54) is 0 Å². The van der Waals surface area contributed by atoms with E-state index in [9.17, 15) is 19.2 Å². The van der Waals surface area contributed by atoms with E-state index in [0.717, 1.165) is 6.42 Å². The summed E-state index contributed by atoms with van der Waals surface area (Å²) < 4.78 is 15.9. The summed E-state index contributed by atoms with van der Waals surface area (Å²) >= 11 is 0. The summed E-state index contributed by atoms with van der Waals surface area (Å²) in [5, 5.41) is 2.13. The van der Waals surface area contributed by atoms with Crippen molar-refractivity contribution in [3.8, 4) is 11.5 Å². The van der Waals surface area contributed by atoms with E-state index >= 15 is 0 Å². The van der Waals surface area contributed by atoms with Gasteiger partial charge in [0.2, 0.25) is 0 Å². The molecule has 0 aromatic heterocycles. The maximum atomic E-state index is 12.3.